The number of nitrogens with one attached hydrogen (secondary N) is 1. The number of methoxy groups -OCH3 is 1. The van der Waals surface area contributed by atoms with Gasteiger partial charge in [-0.15, -0.1) is 0 Å². The third-order valence-corrected chi connectivity index (χ3v) is 4.20. The zero-order valence-corrected chi connectivity index (χ0v) is 17.5. The van der Waals surface area contributed by atoms with E-state index in [9.17, 15) is 19.3 Å². The highest BCUT2D eigenvalue weighted by atomic mass is 35.5. The summed E-state index contributed by atoms with van der Waals surface area (Å²) in [4.78, 5) is 30.6. The Morgan fingerprint density at radius 2 is 1.91 bits per heavy atom. The molecule has 1 atom stereocenters. The summed E-state index contributed by atoms with van der Waals surface area (Å²) in [7, 11) is 1.34. The number of anilines is 1. The second kappa shape index (κ2) is 9.88. The molecule has 0 spiro atoms. The second-order valence-electron chi connectivity index (χ2n) is 6.24. The molecule has 166 valence electrons. The van der Waals surface area contributed by atoms with Crippen LogP contribution in [0.4, 0.5) is 15.9 Å². The van der Waals surface area contributed by atoms with Crippen LogP contribution in [0.2, 0.25) is 5.02 Å². The summed E-state index contributed by atoms with van der Waals surface area (Å²) in [5.41, 5.74) is -0.393. The number of aromatic nitrogens is 2. The number of rotatable bonds is 8. The number of ether oxygens (including phenoxy) is 3. The third-order valence-electron chi connectivity index (χ3n) is 3.99. The molecule has 3 rings (SSSR count). The summed E-state index contributed by atoms with van der Waals surface area (Å²) in [5.74, 6) is -1.22. The Bertz CT molecular complexity index is 1150. The van der Waals surface area contributed by atoms with Gasteiger partial charge in [0.25, 0.3) is 11.8 Å². The van der Waals surface area contributed by atoms with Gasteiger partial charge in [-0.1, -0.05) is 11.6 Å². The highest BCUT2D eigenvalue weighted by Gasteiger charge is 2.22. The first-order valence-electron chi connectivity index (χ1n) is 9.02. The Balaban J connectivity index is 1.65. The molecule has 32 heavy (non-hydrogen) atoms. The number of halogens is 2. The average Bonchev–Trinajstić information content (AvgIpc) is 2.76. The molecule has 0 bridgehead atoms. The standard InChI is InChI=1S/C20H16ClFN4O6/c1-11(19(27)25-18-16(26(28)29)7-8-17(24-18)30-2)31-13-3-5-14(6-4-13)32-20-15(22)9-12(21)10-23-20/h3-11H,1-2H3,(H,24,25,27). The van der Waals surface area contributed by atoms with Crippen LogP contribution in [-0.4, -0.2) is 34.0 Å². The molecule has 2 aromatic heterocycles. The van der Waals surface area contributed by atoms with Gasteiger partial charge in [0, 0.05) is 18.3 Å². The van der Waals surface area contributed by atoms with Gasteiger partial charge in [0.05, 0.1) is 17.1 Å². The van der Waals surface area contributed by atoms with Gasteiger partial charge < -0.3 is 19.5 Å². The molecule has 1 aromatic carbocycles. The molecule has 0 aliphatic carbocycles. The van der Waals surface area contributed by atoms with Gasteiger partial charge in [-0.3, -0.25) is 14.9 Å². The molecule has 0 aliphatic heterocycles. The van der Waals surface area contributed by atoms with E-state index in [0.29, 0.717) is 5.75 Å². The highest BCUT2D eigenvalue weighted by molar-refractivity contribution is 6.30. The maximum Gasteiger partial charge on any atom is 0.312 e. The molecule has 0 radical (unpaired) electrons. The van der Waals surface area contributed by atoms with E-state index in [-0.39, 0.29) is 28.3 Å². The van der Waals surface area contributed by atoms with Crippen LogP contribution >= 0.6 is 11.6 Å². The molecule has 1 N–H and O–H groups in total. The first-order valence-corrected chi connectivity index (χ1v) is 9.40. The minimum Gasteiger partial charge on any atom is -0.481 e. The quantitative estimate of drug-likeness (QED) is 0.386. The molecule has 3 aromatic rings. The maximum atomic E-state index is 13.8. The predicted octanol–water partition coefficient (Wildman–Crippen LogP) is 4.38. The second-order valence-corrected chi connectivity index (χ2v) is 6.68. The van der Waals surface area contributed by atoms with Gasteiger partial charge in [0.15, 0.2) is 11.9 Å². The summed E-state index contributed by atoms with van der Waals surface area (Å²) in [5, 5.41) is 13.7. The molecule has 10 nitrogen and oxygen atoms in total. The lowest BCUT2D eigenvalue weighted by molar-refractivity contribution is -0.384. The van der Waals surface area contributed by atoms with Crippen LogP contribution in [-0.2, 0) is 4.79 Å². The van der Waals surface area contributed by atoms with Crippen molar-refractivity contribution in [2.24, 2.45) is 0 Å². The molecule has 1 unspecified atom stereocenters. The predicted molar refractivity (Wildman–Crippen MR) is 112 cm³/mol. The Morgan fingerprint density at radius 3 is 2.53 bits per heavy atom. The normalized spacial score (nSPS) is 11.4. The zero-order valence-electron chi connectivity index (χ0n) is 16.7. The lowest BCUT2D eigenvalue weighted by atomic mass is 10.3. The summed E-state index contributed by atoms with van der Waals surface area (Å²) in [6.07, 6.45) is 0.226. The van der Waals surface area contributed by atoms with Crippen LogP contribution in [0.3, 0.4) is 0 Å². The average molecular weight is 463 g/mol. The Hall–Kier alpha value is -3.99. The largest absolute Gasteiger partial charge is 0.481 e. The van der Waals surface area contributed by atoms with Crippen LogP contribution < -0.4 is 19.5 Å². The minimum absolute atomic E-state index is 0.0988. The van der Waals surface area contributed by atoms with Gasteiger partial charge in [-0.05, 0) is 37.3 Å². The van der Waals surface area contributed by atoms with Crippen molar-refractivity contribution in [3.8, 4) is 23.3 Å². The van der Waals surface area contributed by atoms with Gasteiger partial charge in [0.2, 0.25) is 11.7 Å². The molecule has 1 amide bonds. The van der Waals surface area contributed by atoms with E-state index in [0.717, 1.165) is 6.07 Å². The maximum absolute atomic E-state index is 13.8. The topological polar surface area (TPSA) is 126 Å². The third kappa shape index (κ3) is 5.58. The van der Waals surface area contributed by atoms with E-state index in [1.54, 1.807) is 0 Å². The van der Waals surface area contributed by atoms with Crippen molar-refractivity contribution < 1.29 is 28.3 Å². The summed E-state index contributed by atoms with van der Waals surface area (Å²) in [6, 6.07) is 9.53. The van der Waals surface area contributed by atoms with E-state index in [2.05, 4.69) is 15.3 Å². The number of pyridine rings is 2. The molecule has 0 aliphatic rings. The summed E-state index contributed by atoms with van der Waals surface area (Å²) < 4.78 is 29.6. The van der Waals surface area contributed by atoms with E-state index >= 15 is 0 Å². The van der Waals surface area contributed by atoms with Crippen molar-refractivity contribution in [2.75, 3.05) is 12.4 Å². The van der Waals surface area contributed by atoms with Crippen LogP contribution in [0.25, 0.3) is 0 Å². The molecular formula is C20H16ClFN4O6. The fourth-order valence-electron chi connectivity index (χ4n) is 2.44. The van der Waals surface area contributed by atoms with E-state index in [1.165, 1.54) is 56.6 Å². The highest BCUT2D eigenvalue weighted by Crippen LogP contribution is 2.27. The van der Waals surface area contributed by atoms with E-state index in [4.69, 9.17) is 25.8 Å². The molecule has 2 heterocycles. The van der Waals surface area contributed by atoms with Crippen molar-refractivity contribution in [3.05, 3.63) is 69.6 Å². The van der Waals surface area contributed by atoms with Gasteiger partial charge in [0.1, 0.15) is 11.5 Å². The van der Waals surface area contributed by atoms with Gasteiger partial charge >= 0.3 is 5.69 Å². The lowest BCUT2D eigenvalue weighted by Crippen LogP contribution is -2.30. The van der Waals surface area contributed by atoms with Crippen molar-refractivity contribution in [2.45, 2.75) is 13.0 Å². The van der Waals surface area contributed by atoms with E-state index in [1.807, 2.05) is 0 Å². The molecule has 0 fully saturated rings. The Labute approximate surface area is 186 Å². The first kappa shape index (κ1) is 22.7. The first-order chi connectivity index (χ1) is 15.3. The molecular weight excluding hydrogens is 447 g/mol. The number of nitrogens with zero attached hydrogens (tertiary/aromatic N) is 3. The van der Waals surface area contributed by atoms with Crippen molar-refractivity contribution >= 4 is 29.0 Å². The number of benzene rings is 1. The van der Waals surface area contributed by atoms with Gasteiger partial charge in [-0.25, -0.2) is 9.37 Å². The number of amides is 1. The molecule has 0 saturated carbocycles. The number of nitro groups is 1. The molecule has 0 saturated heterocycles. The molecule has 12 heteroatoms. The van der Waals surface area contributed by atoms with Crippen molar-refractivity contribution in [1.29, 1.82) is 0 Å². The summed E-state index contributed by atoms with van der Waals surface area (Å²) >= 11 is 5.65. The van der Waals surface area contributed by atoms with Crippen molar-refractivity contribution in [1.82, 2.24) is 9.97 Å². The fraction of sp³-hybridized carbons (Fsp3) is 0.150. The van der Waals surface area contributed by atoms with Crippen LogP contribution in [0.15, 0.2) is 48.7 Å². The van der Waals surface area contributed by atoms with E-state index < -0.39 is 28.4 Å². The lowest BCUT2D eigenvalue weighted by Gasteiger charge is -2.15. The Morgan fingerprint density at radius 1 is 1.22 bits per heavy atom. The van der Waals surface area contributed by atoms with Gasteiger partial charge in [-0.2, -0.15) is 4.98 Å². The van der Waals surface area contributed by atoms with Crippen LogP contribution in [0.5, 0.6) is 23.3 Å². The number of carbonyl (C=O) groups excluding carboxylic acids is 1. The monoisotopic (exact) mass is 462 g/mol. The number of hydrogen-bond donors (Lipinski definition) is 1. The number of hydrogen-bond acceptors (Lipinski definition) is 8. The Kier molecular flexibility index (Phi) is 7.00. The van der Waals surface area contributed by atoms with Crippen LogP contribution in [0, 0.1) is 15.9 Å². The van der Waals surface area contributed by atoms with Crippen LogP contribution in [0.1, 0.15) is 6.92 Å². The number of carbonyl (C=O) groups is 1. The smallest absolute Gasteiger partial charge is 0.312 e. The zero-order chi connectivity index (χ0) is 23.3. The van der Waals surface area contributed by atoms with Crippen molar-refractivity contribution in [3.63, 3.8) is 0 Å². The minimum atomic E-state index is -1.02. The summed E-state index contributed by atoms with van der Waals surface area (Å²) in [6.45, 7) is 1.46. The fourth-order valence-corrected chi connectivity index (χ4v) is 2.58. The SMILES string of the molecule is COc1ccc([N+](=O)[O-])c(NC(=O)C(C)Oc2ccc(Oc3ncc(Cl)cc3F)cc2)n1.